The van der Waals surface area contributed by atoms with Crippen LogP contribution in [0.15, 0.2) is 12.1 Å². The zero-order valence-electron chi connectivity index (χ0n) is 10.4. The average molecular weight is 268 g/mol. The summed E-state index contributed by atoms with van der Waals surface area (Å²) in [7, 11) is 0. The lowest BCUT2D eigenvalue weighted by Gasteiger charge is -2.32. The van der Waals surface area contributed by atoms with Crippen LogP contribution in [0.25, 0.3) is 0 Å². The number of anilines is 1. The summed E-state index contributed by atoms with van der Waals surface area (Å²) in [6.07, 6.45) is 4.42. The molecule has 92 valence electrons. The van der Waals surface area contributed by atoms with Crippen molar-refractivity contribution in [2.45, 2.75) is 39.5 Å². The highest BCUT2D eigenvalue weighted by Gasteiger charge is 2.21. The van der Waals surface area contributed by atoms with E-state index in [-0.39, 0.29) is 0 Å². The molecule has 0 bridgehead atoms. The van der Waals surface area contributed by atoms with Crippen molar-refractivity contribution in [3.63, 3.8) is 0 Å². The van der Waals surface area contributed by atoms with Crippen LogP contribution in [0.4, 0.5) is 5.69 Å². The maximum absolute atomic E-state index is 6.41. The van der Waals surface area contributed by atoms with Crippen molar-refractivity contribution >= 4 is 34.5 Å². The van der Waals surface area contributed by atoms with Crippen molar-refractivity contribution in [1.82, 2.24) is 0 Å². The second-order valence-electron chi connectivity index (χ2n) is 4.61. The Labute approximate surface area is 114 Å². The number of rotatable bonds is 2. The Hall–Kier alpha value is -0.600. The third-order valence-corrected chi connectivity index (χ3v) is 3.97. The van der Waals surface area contributed by atoms with Crippen LogP contribution in [0.2, 0.25) is 5.02 Å². The molecule has 0 unspecified atom stereocenters. The van der Waals surface area contributed by atoms with Crippen LogP contribution in [0, 0.1) is 6.92 Å². The van der Waals surface area contributed by atoms with Gasteiger partial charge >= 0.3 is 0 Å². The molecule has 1 heterocycles. The second-order valence-corrected chi connectivity index (χ2v) is 5.49. The van der Waals surface area contributed by atoms with Gasteiger partial charge in [0.15, 0.2) is 0 Å². The number of thiocarbonyl (C=S) groups is 1. The second kappa shape index (κ2) is 5.36. The first kappa shape index (κ1) is 12.8. The van der Waals surface area contributed by atoms with Crippen LogP contribution in [-0.4, -0.2) is 11.5 Å². The molecule has 0 atom stereocenters. The van der Waals surface area contributed by atoms with Gasteiger partial charge in [-0.2, -0.15) is 0 Å². The number of hydrogen-bond acceptors (Lipinski definition) is 1. The Bertz CT molecular complexity index is 442. The molecule has 1 fully saturated rings. The molecule has 1 aromatic rings. The SMILES string of the molecule is CCc1cc(C)cc(Cl)c1N1CCCCC1=S. The molecule has 0 amide bonds. The number of benzene rings is 1. The first-order valence-corrected chi connectivity index (χ1v) is 7.01. The van der Waals surface area contributed by atoms with Crippen molar-refractivity contribution in [2.24, 2.45) is 0 Å². The zero-order chi connectivity index (χ0) is 12.4. The van der Waals surface area contributed by atoms with Gasteiger partial charge in [-0.1, -0.05) is 36.8 Å². The van der Waals surface area contributed by atoms with Crippen molar-refractivity contribution in [1.29, 1.82) is 0 Å². The summed E-state index contributed by atoms with van der Waals surface area (Å²) in [6, 6.07) is 4.26. The topological polar surface area (TPSA) is 3.24 Å². The summed E-state index contributed by atoms with van der Waals surface area (Å²) >= 11 is 11.9. The van der Waals surface area contributed by atoms with Crippen LogP contribution in [0.3, 0.4) is 0 Å². The molecule has 3 heteroatoms. The molecular formula is C14H18ClNS. The van der Waals surface area contributed by atoms with E-state index in [0.717, 1.165) is 35.1 Å². The number of hydrogen-bond donors (Lipinski definition) is 0. The highest BCUT2D eigenvalue weighted by molar-refractivity contribution is 7.80. The number of halogens is 1. The molecule has 0 radical (unpaired) electrons. The Balaban J connectivity index is 2.46. The molecule has 0 aromatic heterocycles. The number of nitrogens with zero attached hydrogens (tertiary/aromatic N) is 1. The molecule has 2 rings (SSSR count). The Morgan fingerprint density at radius 3 is 2.76 bits per heavy atom. The molecule has 0 N–H and O–H groups in total. The van der Waals surface area contributed by atoms with Crippen LogP contribution >= 0.6 is 23.8 Å². The average Bonchev–Trinajstić information content (AvgIpc) is 2.29. The van der Waals surface area contributed by atoms with Crippen LogP contribution in [0.1, 0.15) is 37.3 Å². The van der Waals surface area contributed by atoms with Gasteiger partial charge in [-0.05, 0) is 49.8 Å². The minimum absolute atomic E-state index is 0.839. The van der Waals surface area contributed by atoms with Gasteiger partial charge in [-0.3, -0.25) is 0 Å². The van der Waals surface area contributed by atoms with E-state index in [9.17, 15) is 0 Å². The predicted molar refractivity (Wildman–Crippen MR) is 79.4 cm³/mol. The highest BCUT2D eigenvalue weighted by atomic mass is 35.5. The van der Waals surface area contributed by atoms with E-state index in [1.807, 2.05) is 6.07 Å². The van der Waals surface area contributed by atoms with Crippen LogP contribution in [-0.2, 0) is 6.42 Å². The third kappa shape index (κ3) is 2.63. The Morgan fingerprint density at radius 2 is 2.12 bits per heavy atom. The largest absolute Gasteiger partial charge is 0.335 e. The van der Waals surface area contributed by atoms with E-state index in [0.29, 0.717) is 0 Å². The minimum atomic E-state index is 0.839. The molecule has 17 heavy (non-hydrogen) atoms. The quantitative estimate of drug-likeness (QED) is 0.725. The van der Waals surface area contributed by atoms with Crippen molar-refractivity contribution in [3.8, 4) is 0 Å². The van der Waals surface area contributed by atoms with Crippen molar-refractivity contribution in [2.75, 3.05) is 11.4 Å². The predicted octanol–water partition coefficient (Wildman–Crippen LogP) is 4.53. The van der Waals surface area contributed by atoms with E-state index in [1.54, 1.807) is 0 Å². The summed E-state index contributed by atoms with van der Waals surface area (Å²) in [5.74, 6) is 0. The van der Waals surface area contributed by atoms with Gasteiger partial charge in [-0.25, -0.2) is 0 Å². The van der Waals surface area contributed by atoms with E-state index >= 15 is 0 Å². The molecule has 1 aliphatic rings. The van der Waals surface area contributed by atoms with E-state index in [1.165, 1.54) is 24.0 Å². The van der Waals surface area contributed by atoms with Crippen LogP contribution in [0.5, 0.6) is 0 Å². The lowest BCUT2D eigenvalue weighted by molar-refractivity contribution is 0.719. The van der Waals surface area contributed by atoms with Crippen molar-refractivity contribution < 1.29 is 0 Å². The van der Waals surface area contributed by atoms with Crippen LogP contribution < -0.4 is 4.90 Å². The number of aryl methyl sites for hydroxylation is 2. The van der Waals surface area contributed by atoms with Gasteiger partial charge in [0.1, 0.15) is 0 Å². The highest BCUT2D eigenvalue weighted by Crippen LogP contribution is 2.34. The molecule has 1 aromatic carbocycles. The van der Waals surface area contributed by atoms with E-state index < -0.39 is 0 Å². The first-order valence-electron chi connectivity index (χ1n) is 6.23. The van der Waals surface area contributed by atoms with Gasteiger partial charge in [0.2, 0.25) is 0 Å². The van der Waals surface area contributed by atoms with Gasteiger partial charge in [-0.15, -0.1) is 0 Å². The fraction of sp³-hybridized carbons (Fsp3) is 0.500. The summed E-state index contributed by atoms with van der Waals surface area (Å²) in [4.78, 5) is 3.27. The van der Waals surface area contributed by atoms with Gasteiger partial charge < -0.3 is 4.90 Å². The minimum Gasteiger partial charge on any atom is -0.335 e. The Morgan fingerprint density at radius 1 is 1.35 bits per heavy atom. The van der Waals surface area contributed by atoms with E-state index in [4.69, 9.17) is 23.8 Å². The molecular weight excluding hydrogens is 250 g/mol. The summed E-state index contributed by atoms with van der Waals surface area (Å²) in [5, 5.41) is 0.839. The monoisotopic (exact) mass is 267 g/mol. The molecule has 1 saturated heterocycles. The Kier molecular flexibility index (Phi) is 4.05. The lowest BCUT2D eigenvalue weighted by atomic mass is 10.0. The molecule has 1 nitrogen and oxygen atoms in total. The lowest BCUT2D eigenvalue weighted by Crippen LogP contribution is -2.34. The summed E-state index contributed by atoms with van der Waals surface area (Å²) in [6.45, 7) is 5.26. The molecule has 0 saturated carbocycles. The summed E-state index contributed by atoms with van der Waals surface area (Å²) in [5.41, 5.74) is 3.67. The standard InChI is InChI=1S/C14H18ClNS/c1-3-11-8-10(2)9-12(15)14(11)16-7-5-4-6-13(16)17/h8-9H,3-7H2,1-2H3. The van der Waals surface area contributed by atoms with Gasteiger partial charge in [0.25, 0.3) is 0 Å². The fourth-order valence-electron chi connectivity index (χ4n) is 2.42. The fourth-order valence-corrected chi connectivity index (χ4v) is 3.14. The third-order valence-electron chi connectivity index (χ3n) is 3.26. The molecule has 1 aliphatic heterocycles. The molecule has 0 spiro atoms. The van der Waals surface area contributed by atoms with Gasteiger partial charge in [0.05, 0.1) is 15.7 Å². The number of piperidine rings is 1. The molecule has 0 aliphatic carbocycles. The maximum Gasteiger partial charge on any atom is 0.0824 e. The van der Waals surface area contributed by atoms with Gasteiger partial charge in [0, 0.05) is 6.54 Å². The zero-order valence-corrected chi connectivity index (χ0v) is 12.0. The van der Waals surface area contributed by atoms with E-state index in [2.05, 4.69) is 24.8 Å². The smallest absolute Gasteiger partial charge is 0.0824 e. The maximum atomic E-state index is 6.41. The summed E-state index contributed by atoms with van der Waals surface area (Å²) < 4.78 is 0. The normalized spacial score (nSPS) is 16.4. The van der Waals surface area contributed by atoms with Crippen molar-refractivity contribution in [3.05, 3.63) is 28.3 Å². The first-order chi connectivity index (χ1) is 8.13.